The SMILES string of the molecule is c1ccc2c(c1)CCC(N1CCCC1)C2. The van der Waals surface area contributed by atoms with Gasteiger partial charge in [-0.1, -0.05) is 24.3 Å². The van der Waals surface area contributed by atoms with Gasteiger partial charge in [-0.15, -0.1) is 0 Å². The number of benzene rings is 1. The molecule has 0 saturated carbocycles. The Balaban J connectivity index is 1.76. The molecule has 1 saturated heterocycles. The first-order valence-corrected chi connectivity index (χ1v) is 6.24. The molecule has 0 radical (unpaired) electrons. The highest BCUT2D eigenvalue weighted by Gasteiger charge is 2.25. The Labute approximate surface area is 92.1 Å². The van der Waals surface area contributed by atoms with Gasteiger partial charge in [0.1, 0.15) is 0 Å². The predicted octanol–water partition coefficient (Wildman–Crippen LogP) is 2.64. The van der Waals surface area contributed by atoms with E-state index >= 15 is 0 Å². The molecule has 1 aliphatic carbocycles. The third-order valence-electron chi connectivity index (χ3n) is 3.98. The molecular formula is C14H19N. The van der Waals surface area contributed by atoms with E-state index in [1.807, 2.05) is 0 Å². The molecule has 80 valence electrons. The topological polar surface area (TPSA) is 3.24 Å². The first-order valence-electron chi connectivity index (χ1n) is 6.24. The standard InChI is InChI=1S/C14H19N/c1-2-6-13-11-14(8-7-12(13)5-1)15-9-3-4-10-15/h1-2,5-6,14H,3-4,7-11H2. The number of hydrogen-bond donors (Lipinski definition) is 0. The van der Waals surface area contributed by atoms with Gasteiger partial charge in [-0.25, -0.2) is 0 Å². The van der Waals surface area contributed by atoms with Gasteiger partial charge in [0, 0.05) is 6.04 Å². The minimum atomic E-state index is 0.836. The van der Waals surface area contributed by atoms with Gasteiger partial charge in [0.05, 0.1) is 0 Å². The van der Waals surface area contributed by atoms with Gasteiger partial charge in [-0.3, -0.25) is 0 Å². The predicted molar refractivity (Wildman–Crippen MR) is 63.1 cm³/mol. The second-order valence-electron chi connectivity index (χ2n) is 4.91. The number of rotatable bonds is 1. The Hall–Kier alpha value is -0.820. The van der Waals surface area contributed by atoms with E-state index in [0.717, 1.165) is 6.04 Å². The fraction of sp³-hybridized carbons (Fsp3) is 0.571. The lowest BCUT2D eigenvalue weighted by molar-refractivity contribution is 0.222. The molecule has 1 heteroatoms. The lowest BCUT2D eigenvalue weighted by atomic mass is 9.88. The minimum Gasteiger partial charge on any atom is -0.300 e. The van der Waals surface area contributed by atoms with Crippen LogP contribution in [0.1, 0.15) is 30.4 Å². The number of hydrogen-bond acceptors (Lipinski definition) is 1. The Morgan fingerprint density at radius 1 is 1.00 bits per heavy atom. The van der Waals surface area contributed by atoms with E-state index in [-0.39, 0.29) is 0 Å². The van der Waals surface area contributed by atoms with Crippen LogP contribution in [0, 0.1) is 0 Å². The van der Waals surface area contributed by atoms with Crippen LogP contribution in [0.3, 0.4) is 0 Å². The first kappa shape index (κ1) is 9.41. The molecule has 0 amide bonds. The van der Waals surface area contributed by atoms with Crippen LogP contribution in [0.4, 0.5) is 0 Å². The fourth-order valence-corrected chi connectivity index (χ4v) is 3.10. The smallest absolute Gasteiger partial charge is 0.0139 e. The maximum Gasteiger partial charge on any atom is 0.0139 e. The van der Waals surface area contributed by atoms with Crippen LogP contribution < -0.4 is 0 Å². The van der Waals surface area contributed by atoms with E-state index in [0.29, 0.717) is 0 Å². The van der Waals surface area contributed by atoms with E-state index in [4.69, 9.17) is 0 Å². The van der Waals surface area contributed by atoms with Gasteiger partial charge in [-0.05, 0) is 56.3 Å². The third-order valence-corrected chi connectivity index (χ3v) is 3.98. The summed E-state index contributed by atoms with van der Waals surface area (Å²) >= 11 is 0. The monoisotopic (exact) mass is 201 g/mol. The van der Waals surface area contributed by atoms with E-state index in [2.05, 4.69) is 29.2 Å². The highest BCUT2D eigenvalue weighted by Crippen LogP contribution is 2.26. The Bertz CT molecular complexity index is 339. The van der Waals surface area contributed by atoms with Gasteiger partial charge in [0.25, 0.3) is 0 Å². The molecule has 0 spiro atoms. The van der Waals surface area contributed by atoms with Gasteiger partial charge in [0.15, 0.2) is 0 Å². The quantitative estimate of drug-likeness (QED) is 0.675. The lowest BCUT2D eigenvalue weighted by Gasteiger charge is -2.32. The van der Waals surface area contributed by atoms with Crippen LogP contribution in [0.15, 0.2) is 24.3 Å². The molecule has 0 N–H and O–H groups in total. The Morgan fingerprint density at radius 3 is 2.53 bits per heavy atom. The van der Waals surface area contributed by atoms with Crippen LogP contribution in [0.25, 0.3) is 0 Å². The molecule has 0 bridgehead atoms. The maximum absolute atomic E-state index is 2.70. The van der Waals surface area contributed by atoms with Crippen LogP contribution >= 0.6 is 0 Å². The van der Waals surface area contributed by atoms with Crippen molar-refractivity contribution in [3.05, 3.63) is 35.4 Å². The normalized spacial score (nSPS) is 26.5. The number of nitrogens with zero attached hydrogens (tertiary/aromatic N) is 1. The van der Waals surface area contributed by atoms with Crippen LogP contribution in [0.5, 0.6) is 0 Å². The molecule has 1 nitrogen and oxygen atoms in total. The highest BCUT2D eigenvalue weighted by atomic mass is 15.2. The van der Waals surface area contributed by atoms with Crippen molar-refractivity contribution in [1.82, 2.24) is 4.90 Å². The fourth-order valence-electron chi connectivity index (χ4n) is 3.10. The van der Waals surface area contributed by atoms with E-state index < -0.39 is 0 Å². The van der Waals surface area contributed by atoms with Crippen molar-refractivity contribution in [3.8, 4) is 0 Å². The lowest BCUT2D eigenvalue weighted by Crippen LogP contribution is -2.37. The molecule has 2 aliphatic rings. The zero-order valence-corrected chi connectivity index (χ0v) is 9.28. The average Bonchev–Trinajstić information content (AvgIpc) is 2.82. The summed E-state index contributed by atoms with van der Waals surface area (Å²) in [6.45, 7) is 2.68. The summed E-state index contributed by atoms with van der Waals surface area (Å²) in [5.74, 6) is 0. The first-order chi connectivity index (χ1) is 7.43. The second-order valence-corrected chi connectivity index (χ2v) is 4.91. The summed E-state index contributed by atoms with van der Waals surface area (Å²) in [4.78, 5) is 2.70. The molecule has 3 rings (SSSR count). The molecule has 1 aliphatic heterocycles. The second kappa shape index (κ2) is 3.97. The summed E-state index contributed by atoms with van der Waals surface area (Å²) in [6, 6.07) is 9.82. The number of fused-ring (bicyclic) bond motifs is 1. The van der Waals surface area contributed by atoms with Crippen molar-refractivity contribution < 1.29 is 0 Å². The molecule has 1 fully saturated rings. The Morgan fingerprint density at radius 2 is 1.73 bits per heavy atom. The molecule has 1 atom stereocenters. The largest absolute Gasteiger partial charge is 0.300 e. The summed E-state index contributed by atoms with van der Waals surface area (Å²) in [7, 11) is 0. The van der Waals surface area contributed by atoms with Crippen molar-refractivity contribution in [2.75, 3.05) is 13.1 Å². The summed E-state index contributed by atoms with van der Waals surface area (Å²) in [5, 5.41) is 0. The van der Waals surface area contributed by atoms with Gasteiger partial charge >= 0.3 is 0 Å². The van der Waals surface area contributed by atoms with Crippen LogP contribution in [0.2, 0.25) is 0 Å². The van der Waals surface area contributed by atoms with E-state index in [1.54, 1.807) is 11.1 Å². The van der Waals surface area contributed by atoms with Crippen molar-refractivity contribution in [3.63, 3.8) is 0 Å². The highest BCUT2D eigenvalue weighted by molar-refractivity contribution is 5.30. The minimum absolute atomic E-state index is 0.836. The molecular weight excluding hydrogens is 182 g/mol. The zero-order valence-electron chi connectivity index (χ0n) is 9.28. The van der Waals surface area contributed by atoms with Crippen molar-refractivity contribution in [1.29, 1.82) is 0 Å². The molecule has 1 aromatic rings. The zero-order chi connectivity index (χ0) is 10.1. The van der Waals surface area contributed by atoms with Crippen LogP contribution in [-0.4, -0.2) is 24.0 Å². The maximum atomic E-state index is 2.70. The van der Waals surface area contributed by atoms with Gasteiger partial charge in [0.2, 0.25) is 0 Å². The Kier molecular flexibility index (Phi) is 2.49. The van der Waals surface area contributed by atoms with Gasteiger partial charge in [-0.2, -0.15) is 0 Å². The number of likely N-dealkylation sites (tertiary alicyclic amines) is 1. The van der Waals surface area contributed by atoms with Gasteiger partial charge < -0.3 is 4.90 Å². The summed E-state index contributed by atoms with van der Waals surface area (Å²) in [5.41, 5.74) is 3.19. The van der Waals surface area contributed by atoms with E-state index in [9.17, 15) is 0 Å². The van der Waals surface area contributed by atoms with Crippen molar-refractivity contribution in [2.24, 2.45) is 0 Å². The molecule has 1 heterocycles. The molecule has 15 heavy (non-hydrogen) atoms. The van der Waals surface area contributed by atoms with Crippen molar-refractivity contribution in [2.45, 2.75) is 38.1 Å². The molecule has 1 aromatic carbocycles. The summed E-state index contributed by atoms with van der Waals surface area (Å²) < 4.78 is 0. The van der Waals surface area contributed by atoms with E-state index in [1.165, 1.54) is 45.2 Å². The average molecular weight is 201 g/mol. The van der Waals surface area contributed by atoms with Crippen LogP contribution in [-0.2, 0) is 12.8 Å². The molecule has 1 unspecified atom stereocenters. The number of aryl methyl sites for hydroxylation is 1. The molecule has 0 aromatic heterocycles. The summed E-state index contributed by atoms with van der Waals surface area (Å²) in [6.07, 6.45) is 6.78. The third kappa shape index (κ3) is 1.81. The van der Waals surface area contributed by atoms with Crippen molar-refractivity contribution >= 4 is 0 Å².